The first-order valence-corrected chi connectivity index (χ1v) is 8.67. The highest BCUT2D eigenvalue weighted by Gasteiger charge is 2.08. The van der Waals surface area contributed by atoms with Crippen molar-refractivity contribution >= 4 is 12.0 Å². The number of carbonyl (C=O) groups is 1. The number of amides is 1. The second kappa shape index (κ2) is 9.31. The summed E-state index contributed by atoms with van der Waals surface area (Å²) < 4.78 is 12.4. The summed E-state index contributed by atoms with van der Waals surface area (Å²) in [5.74, 6) is 2.28. The van der Waals surface area contributed by atoms with E-state index in [9.17, 15) is 4.79 Å². The number of benzene rings is 1. The van der Waals surface area contributed by atoms with Gasteiger partial charge in [0.05, 0.1) is 14.2 Å². The van der Waals surface area contributed by atoms with E-state index in [4.69, 9.17) is 9.47 Å². The summed E-state index contributed by atoms with van der Waals surface area (Å²) in [6.45, 7) is 1.01. The van der Waals surface area contributed by atoms with E-state index in [-0.39, 0.29) is 5.91 Å². The highest BCUT2D eigenvalue weighted by atomic mass is 16.5. The van der Waals surface area contributed by atoms with Crippen LogP contribution in [0.1, 0.15) is 5.56 Å². The van der Waals surface area contributed by atoms with E-state index in [2.05, 4.69) is 20.3 Å². The second-order valence-corrected chi connectivity index (χ2v) is 5.76. The number of imidazole rings is 1. The van der Waals surface area contributed by atoms with Crippen molar-refractivity contribution in [3.8, 4) is 23.1 Å². The van der Waals surface area contributed by atoms with E-state index in [1.54, 1.807) is 57.1 Å². The van der Waals surface area contributed by atoms with Crippen LogP contribution in [0.2, 0.25) is 0 Å². The fourth-order valence-electron chi connectivity index (χ4n) is 2.60. The van der Waals surface area contributed by atoms with Gasteiger partial charge in [0.1, 0.15) is 0 Å². The third-order valence-corrected chi connectivity index (χ3v) is 3.97. The van der Waals surface area contributed by atoms with Crippen molar-refractivity contribution in [3.63, 3.8) is 0 Å². The van der Waals surface area contributed by atoms with Gasteiger partial charge in [0.25, 0.3) is 0 Å². The van der Waals surface area contributed by atoms with E-state index < -0.39 is 0 Å². The van der Waals surface area contributed by atoms with Crippen molar-refractivity contribution in [1.29, 1.82) is 0 Å². The van der Waals surface area contributed by atoms with Crippen molar-refractivity contribution in [1.82, 2.24) is 24.8 Å². The number of nitrogens with one attached hydrogen (secondary N) is 1. The Morgan fingerprint density at radius 1 is 1.11 bits per heavy atom. The van der Waals surface area contributed by atoms with Crippen LogP contribution in [0.3, 0.4) is 0 Å². The van der Waals surface area contributed by atoms with Gasteiger partial charge in [-0.3, -0.25) is 4.79 Å². The number of hydrogen-bond acceptors (Lipinski definition) is 6. The van der Waals surface area contributed by atoms with Crippen LogP contribution in [0.25, 0.3) is 17.7 Å². The van der Waals surface area contributed by atoms with Crippen LogP contribution in [0.15, 0.2) is 55.1 Å². The molecule has 0 fully saturated rings. The summed E-state index contributed by atoms with van der Waals surface area (Å²) in [7, 11) is 3.15. The third kappa shape index (κ3) is 4.73. The molecular weight excluding hydrogens is 358 g/mol. The predicted molar refractivity (Wildman–Crippen MR) is 105 cm³/mol. The lowest BCUT2D eigenvalue weighted by molar-refractivity contribution is -0.116. The Bertz CT molecular complexity index is 953. The van der Waals surface area contributed by atoms with Crippen LogP contribution in [-0.2, 0) is 11.3 Å². The molecule has 0 aliphatic carbocycles. The van der Waals surface area contributed by atoms with Gasteiger partial charge in [0, 0.05) is 44.0 Å². The van der Waals surface area contributed by atoms with Gasteiger partial charge in [0.15, 0.2) is 23.1 Å². The van der Waals surface area contributed by atoms with E-state index in [0.29, 0.717) is 36.2 Å². The van der Waals surface area contributed by atoms with Crippen LogP contribution in [0.4, 0.5) is 0 Å². The summed E-state index contributed by atoms with van der Waals surface area (Å²) in [6, 6.07) is 7.20. The van der Waals surface area contributed by atoms with E-state index in [1.807, 2.05) is 16.8 Å². The topological polar surface area (TPSA) is 91.2 Å². The Morgan fingerprint density at radius 2 is 1.89 bits per heavy atom. The lowest BCUT2D eigenvalue weighted by atomic mass is 10.2. The maximum absolute atomic E-state index is 12.1. The molecule has 0 spiro atoms. The molecule has 2 aromatic heterocycles. The normalized spacial score (nSPS) is 10.8. The van der Waals surface area contributed by atoms with Crippen molar-refractivity contribution in [2.24, 2.45) is 0 Å². The molecule has 8 heteroatoms. The molecule has 3 rings (SSSR count). The fraction of sp³-hybridized carbons (Fsp3) is 0.200. The summed E-state index contributed by atoms with van der Waals surface area (Å²) >= 11 is 0. The lowest BCUT2D eigenvalue weighted by Crippen LogP contribution is -2.25. The molecule has 0 unspecified atom stereocenters. The number of methoxy groups -OCH3 is 2. The molecule has 28 heavy (non-hydrogen) atoms. The smallest absolute Gasteiger partial charge is 0.244 e. The van der Waals surface area contributed by atoms with E-state index >= 15 is 0 Å². The minimum Gasteiger partial charge on any atom is -0.493 e. The van der Waals surface area contributed by atoms with Gasteiger partial charge >= 0.3 is 0 Å². The monoisotopic (exact) mass is 379 g/mol. The molecule has 0 aliphatic rings. The summed E-state index contributed by atoms with van der Waals surface area (Å²) in [5, 5.41) is 2.85. The van der Waals surface area contributed by atoms with Gasteiger partial charge in [-0.05, 0) is 29.8 Å². The molecule has 2 heterocycles. The molecule has 144 valence electrons. The largest absolute Gasteiger partial charge is 0.493 e. The van der Waals surface area contributed by atoms with Crippen LogP contribution in [0.5, 0.6) is 11.5 Å². The minimum absolute atomic E-state index is 0.188. The van der Waals surface area contributed by atoms with Gasteiger partial charge in [-0.15, -0.1) is 0 Å². The van der Waals surface area contributed by atoms with Gasteiger partial charge in [-0.25, -0.2) is 15.0 Å². The molecule has 0 saturated heterocycles. The average molecular weight is 379 g/mol. The first-order chi connectivity index (χ1) is 13.7. The van der Waals surface area contributed by atoms with Gasteiger partial charge in [-0.2, -0.15) is 0 Å². The van der Waals surface area contributed by atoms with Gasteiger partial charge < -0.3 is 19.4 Å². The minimum atomic E-state index is -0.188. The van der Waals surface area contributed by atoms with Gasteiger partial charge in [0.2, 0.25) is 5.91 Å². The Kier molecular flexibility index (Phi) is 6.35. The quantitative estimate of drug-likeness (QED) is 0.603. The predicted octanol–water partition coefficient (Wildman–Crippen LogP) is 2.19. The van der Waals surface area contributed by atoms with Crippen LogP contribution < -0.4 is 14.8 Å². The molecule has 1 amide bonds. The molecule has 1 N–H and O–H groups in total. The van der Waals surface area contributed by atoms with E-state index in [1.165, 1.54) is 6.08 Å². The molecule has 8 nitrogen and oxygen atoms in total. The lowest BCUT2D eigenvalue weighted by Gasteiger charge is -2.08. The summed E-state index contributed by atoms with van der Waals surface area (Å²) in [6.07, 6.45) is 10.1. The van der Waals surface area contributed by atoms with Crippen molar-refractivity contribution < 1.29 is 14.3 Å². The van der Waals surface area contributed by atoms with Crippen molar-refractivity contribution in [3.05, 3.63) is 60.7 Å². The molecule has 0 atom stereocenters. The second-order valence-electron chi connectivity index (χ2n) is 5.76. The molecule has 0 saturated carbocycles. The fourth-order valence-corrected chi connectivity index (χ4v) is 2.60. The number of ether oxygens (including phenoxy) is 2. The first-order valence-electron chi connectivity index (χ1n) is 8.67. The maximum atomic E-state index is 12.1. The third-order valence-electron chi connectivity index (χ3n) is 3.97. The average Bonchev–Trinajstić information content (AvgIpc) is 3.21. The zero-order valence-corrected chi connectivity index (χ0v) is 15.7. The zero-order valence-electron chi connectivity index (χ0n) is 15.7. The summed E-state index contributed by atoms with van der Waals surface area (Å²) in [5.41, 5.74) is 0.839. The molecule has 0 radical (unpaired) electrons. The molecular formula is C20H21N5O3. The Hall–Kier alpha value is -3.68. The van der Waals surface area contributed by atoms with Crippen molar-refractivity contribution in [2.75, 3.05) is 20.8 Å². The van der Waals surface area contributed by atoms with Crippen LogP contribution in [-0.4, -0.2) is 46.2 Å². The first kappa shape index (κ1) is 19.1. The molecule has 0 bridgehead atoms. The number of carbonyl (C=O) groups excluding carboxylic acids is 1. The molecule has 0 aliphatic heterocycles. The number of aromatic nitrogens is 4. The standard InChI is InChI=1S/C20H21N5O3/c1-27-16-6-4-15(14-17(16)28-2)5-7-18(26)21-10-12-25-13-11-24-20(25)19-22-8-3-9-23-19/h3-9,11,13-14H,10,12H2,1-2H3,(H,21,26). The summed E-state index contributed by atoms with van der Waals surface area (Å²) in [4.78, 5) is 24.8. The Morgan fingerprint density at radius 3 is 2.64 bits per heavy atom. The van der Waals surface area contributed by atoms with E-state index in [0.717, 1.165) is 5.56 Å². The van der Waals surface area contributed by atoms with Crippen LogP contribution in [0, 0.1) is 0 Å². The Balaban J connectivity index is 1.54. The van der Waals surface area contributed by atoms with Gasteiger partial charge in [-0.1, -0.05) is 6.07 Å². The zero-order chi connectivity index (χ0) is 19.8. The number of rotatable bonds is 8. The highest BCUT2D eigenvalue weighted by molar-refractivity contribution is 5.91. The van der Waals surface area contributed by atoms with Crippen molar-refractivity contribution in [2.45, 2.75) is 6.54 Å². The number of nitrogens with zero attached hydrogens (tertiary/aromatic N) is 4. The molecule has 3 aromatic rings. The molecule has 1 aromatic carbocycles. The SMILES string of the molecule is COc1ccc(C=CC(=O)NCCn2ccnc2-c2ncccn2)cc1OC. The Labute approximate surface area is 162 Å². The van der Waals surface area contributed by atoms with Crippen LogP contribution >= 0.6 is 0 Å². The maximum Gasteiger partial charge on any atom is 0.244 e. The highest BCUT2D eigenvalue weighted by Crippen LogP contribution is 2.27. The number of hydrogen-bond donors (Lipinski definition) is 1.